The highest BCUT2D eigenvalue weighted by Gasteiger charge is 2.35. The number of anilines is 2. The first-order valence-electron chi connectivity index (χ1n) is 14.3. The summed E-state index contributed by atoms with van der Waals surface area (Å²) < 4.78 is 65.0. The van der Waals surface area contributed by atoms with E-state index in [1.54, 1.807) is 48.5 Å². The standard InChI is InChI=1S/C30H46N2O6S2/c1-5-9-21-37-27-17-13-25(14-18-27)32(26-15-19-28(20-16-26)38-22-10-6-2)29(31)30(39(33,34)23-11-7-3)40(35,36)24-12-8-4/h13-20H,5-12,21-24,31H2,1-4H3. The van der Waals surface area contributed by atoms with Gasteiger partial charge in [0.05, 0.1) is 24.7 Å². The van der Waals surface area contributed by atoms with E-state index in [0.29, 0.717) is 61.8 Å². The van der Waals surface area contributed by atoms with E-state index in [9.17, 15) is 16.8 Å². The molecule has 8 nitrogen and oxygen atoms in total. The van der Waals surface area contributed by atoms with Crippen LogP contribution < -0.4 is 20.1 Å². The number of nitrogens with zero attached hydrogens (tertiary/aromatic N) is 1. The first-order chi connectivity index (χ1) is 19.1. The van der Waals surface area contributed by atoms with E-state index < -0.39 is 23.9 Å². The fraction of sp³-hybridized carbons (Fsp3) is 0.533. The van der Waals surface area contributed by atoms with Gasteiger partial charge in [0.2, 0.25) is 0 Å². The molecule has 0 aliphatic heterocycles. The predicted octanol–water partition coefficient (Wildman–Crippen LogP) is 6.70. The molecule has 0 aliphatic carbocycles. The zero-order valence-corrected chi connectivity index (χ0v) is 26.0. The Bertz CT molecular complexity index is 1180. The van der Waals surface area contributed by atoms with Crippen molar-refractivity contribution in [2.24, 2.45) is 5.73 Å². The van der Waals surface area contributed by atoms with E-state index >= 15 is 0 Å². The van der Waals surface area contributed by atoms with E-state index in [0.717, 1.165) is 25.7 Å². The van der Waals surface area contributed by atoms with Crippen molar-refractivity contribution >= 4 is 31.0 Å². The molecule has 0 atom stereocenters. The maximum Gasteiger partial charge on any atom is 0.199 e. The maximum absolute atomic E-state index is 13.5. The van der Waals surface area contributed by atoms with Crippen LogP contribution >= 0.6 is 0 Å². The minimum absolute atomic E-state index is 0.298. The van der Waals surface area contributed by atoms with E-state index in [4.69, 9.17) is 15.2 Å². The van der Waals surface area contributed by atoms with Gasteiger partial charge in [-0.1, -0.05) is 53.4 Å². The van der Waals surface area contributed by atoms with Gasteiger partial charge in [-0.3, -0.25) is 4.90 Å². The molecule has 0 unspecified atom stereocenters. The summed E-state index contributed by atoms with van der Waals surface area (Å²) in [5.74, 6) is 0.378. The third kappa shape index (κ3) is 9.73. The SMILES string of the molecule is CCCCOc1ccc(N(C(N)=C(S(=O)(=O)CCCC)S(=O)(=O)CCCC)c2ccc(OCCCC)cc2)cc1. The topological polar surface area (TPSA) is 116 Å². The molecule has 2 N–H and O–H groups in total. The van der Waals surface area contributed by atoms with Crippen molar-refractivity contribution in [2.75, 3.05) is 29.6 Å². The molecule has 0 radical (unpaired) electrons. The van der Waals surface area contributed by atoms with E-state index in [1.165, 1.54) is 4.90 Å². The van der Waals surface area contributed by atoms with Crippen LogP contribution in [-0.4, -0.2) is 41.6 Å². The molecule has 2 aromatic carbocycles. The summed E-state index contributed by atoms with van der Waals surface area (Å²) in [6.45, 7) is 9.04. The lowest BCUT2D eigenvalue weighted by Gasteiger charge is -2.28. The van der Waals surface area contributed by atoms with Crippen LogP contribution in [0.25, 0.3) is 0 Å². The van der Waals surface area contributed by atoms with Crippen LogP contribution in [-0.2, 0) is 19.7 Å². The van der Waals surface area contributed by atoms with Gasteiger partial charge in [0.15, 0.2) is 23.9 Å². The summed E-state index contributed by atoms with van der Waals surface area (Å²) in [6.07, 6.45) is 5.72. The normalized spacial score (nSPS) is 11.7. The minimum Gasteiger partial charge on any atom is -0.494 e. The Morgan fingerprint density at radius 3 is 1.30 bits per heavy atom. The van der Waals surface area contributed by atoms with Crippen molar-refractivity contribution in [3.05, 3.63) is 58.6 Å². The summed E-state index contributed by atoms with van der Waals surface area (Å²) in [4.78, 5) is 1.48. The monoisotopic (exact) mass is 594 g/mol. The van der Waals surface area contributed by atoms with E-state index in [2.05, 4.69) is 13.8 Å². The summed E-state index contributed by atoms with van der Waals surface area (Å²) in [6, 6.07) is 14.1. The third-order valence-electron chi connectivity index (χ3n) is 6.27. The van der Waals surface area contributed by atoms with Crippen LogP contribution in [0.3, 0.4) is 0 Å². The van der Waals surface area contributed by atoms with Gasteiger partial charge in [-0.25, -0.2) is 16.8 Å². The molecule has 224 valence electrons. The van der Waals surface area contributed by atoms with Crippen molar-refractivity contribution in [3.63, 3.8) is 0 Å². The lowest BCUT2D eigenvalue weighted by molar-refractivity contribution is 0.309. The number of unbranched alkanes of at least 4 members (excludes halogenated alkanes) is 4. The molecule has 0 heterocycles. The van der Waals surface area contributed by atoms with Crippen molar-refractivity contribution < 1.29 is 26.3 Å². The number of ether oxygens (including phenoxy) is 2. The number of sulfone groups is 2. The Kier molecular flexibility index (Phi) is 13.8. The Labute approximate surface area is 241 Å². The van der Waals surface area contributed by atoms with E-state index in [1.807, 2.05) is 13.8 Å². The highest BCUT2D eigenvalue weighted by molar-refractivity contribution is 8.14. The number of nitrogens with two attached hydrogens (primary N) is 1. The minimum atomic E-state index is -4.20. The Hall–Kier alpha value is -2.72. The Morgan fingerprint density at radius 1 is 0.625 bits per heavy atom. The van der Waals surface area contributed by atoms with Gasteiger partial charge < -0.3 is 15.2 Å². The first-order valence-corrected chi connectivity index (χ1v) is 17.6. The lowest BCUT2D eigenvalue weighted by atomic mass is 10.2. The molecule has 0 saturated carbocycles. The molecule has 2 aromatic rings. The van der Waals surface area contributed by atoms with Gasteiger partial charge in [0.25, 0.3) is 0 Å². The second-order valence-corrected chi connectivity index (χ2v) is 14.1. The molecule has 0 fully saturated rings. The van der Waals surface area contributed by atoms with E-state index in [-0.39, 0.29) is 17.3 Å². The average molecular weight is 595 g/mol. The van der Waals surface area contributed by atoms with Crippen molar-refractivity contribution in [3.8, 4) is 11.5 Å². The summed E-state index contributed by atoms with van der Waals surface area (Å²) in [5.41, 5.74) is 7.62. The van der Waals surface area contributed by atoms with Gasteiger partial charge >= 0.3 is 0 Å². The Morgan fingerprint density at radius 2 is 0.975 bits per heavy atom. The number of rotatable bonds is 19. The quantitative estimate of drug-likeness (QED) is 0.179. The molecule has 0 amide bonds. The Balaban J connectivity index is 2.70. The molecular formula is C30H46N2O6S2. The first kappa shape index (κ1) is 33.5. The van der Waals surface area contributed by atoms with Crippen LogP contribution in [0.4, 0.5) is 11.4 Å². The molecule has 10 heteroatoms. The maximum atomic E-state index is 13.5. The fourth-order valence-corrected chi connectivity index (χ4v) is 8.51. The molecule has 40 heavy (non-hydrogen) atoms. The van der Waals surface area contributed by atoms with Crippen molar-refractivity contribution in [1.82, 2.24) is 0 Å². The third-order valence-corrected chi connectivity index (χ3v) is 11.0. The number of hydrogen-bond donors (Lipinski definition) is 1. The molecule has 0 bridgehead atoms. The van der Waals surface area contributed by atoms with Gasteiger partial charge in [-0.15, -0.1) is 0 Å². The molecule has 0 aliphatic rings. The fourth-order valence-electron chi connectivity index (χ4n) is 3.94. The van der Waals surface area contributed by atoms with Gasteiger partial charge in [-0.05, 0) is 74.2 Å². The van der Waals surface area contributed by atoms with Crippen molar-refractivity contribution in [1.29, 1.82) is 0 Å². The summed E-state index contributed by atoms with van der Waals surface area (Å²) in [5, 5.41) is 0. The average Bonchev–Trinajstić information content (AvgIpc) is 2.93. The van der Waals surface area contributed by atoms with Gasteiger partial charge in [0, 0.05) is 11.4 Å². The zero-order valence-electron chi connectivity index (χ0n) is 24.4. The van der Waals surface area contributed by atoms with Crippen LogP contribution in [0.15, 0.2) is 58.6 Å². The molecular weight excluding hydrogens is 548 g/mol. The largest absolute Gasteiger partial charge is 0.494 e. The molecule has 0 aromatic heterocycles. The van der Waals surface area contributed by atoms with Crippen LogP contribution in [0.2, 0.25) is 0 Å². The van der Waals surface area contributed by atoms with Gasteiger partial charge in [-0.2, -0.15) is 0 Å². The predicted molar refractivity (Wildman–Crippen MR) is 164 cm³/mol. The molecule has 2 rings (SSSR count). The van der Waals surface area contributed by atoms with Crippen molar-refractivity contribution in [2.45, 2.75) is 79.1 Å². The lowest BCUT2D eigenvalue weighted by Crippen LogP contribution is -2.31. The molecule has 0 spiro atoms. The summed E-state index contributed by atoms with van der Waals surface area (Å²) in [7, 11) is -8.41. The van der Waals surface area contributed by atoms with Crippen LogP contribution in [0, 0.1) is 0 Å². The smallest absolute Gasteiger partial charge is 0.199 e. The highest BCUT2D eigenvalue weighted by Crippen LogP contribution is 2.34. The van der Waals surface area contributed by atoms with Gasteiger partial charge in [0.1, 0.15) is 17.3 Å². The highest BCUT2D eigenvalue weighted by atomic mass is 32.3. The van der Waals surface area contributed by atoms with Crippen LogP contribution in [0.1, 0.15) is 79.1 Å². The molecule has 0 saturated heterocycles. The number of benzene rings is 2. The zero-order chi connectivity index (χ0) is 29.6. The second kappa shape index (κ2) is 16.5. The second-order valence-electron chi connectivity index (χ2n) is 9.74. The van der Waals surface area contributed by atoms with Crippen LogP contribution in [0.5, 0.6) is 11.5 Å². The number of hydrogen-bond acceptors (Lipinski definition) is 8. The summed E-state index contributed by atoms with van der Waals surface area (Å²) >= 11 is 0.